The fourth-order valence-electron chi connectivity index (χ4n) is 3.19. The molecule has 0 amide bonds. The van der Waals surface area contributed by atoms with Gasteiger partial charge in [-0.2, -0.15) is 10.1 Å². The van der Waals surface area contributed by atoms with Crippen molar-refractivity contribution in [3.63, 3.8) is 0 Å². The number of nitrogens with zero attached hydrogens (tertiary/aromatic N) is 2. The number of aromatic nitrogens is 3. The van der Waals surface area contributed by atoms with E-state index in [1.807, 2.05) is 24.3 Å². The highest BCUT2D eigenvalue weighted by Gasteiger charge is 2.32. The Kier molecular flexibility index (Phi) is 4.82. The highest BCUT2D eigenvalue weighted by molar-refractivity contribution is 5.52. The van der Waals surface area contributed by atoms with Gasteiger partial charge in [-0.05, 0) is 31.2 Å². The van der Waals surface area contributed by atoms with Crippen LogP contribution in [0.5, 0.6) is 5.88 Å². The molecule has 2 aliphatic heterocycles. The third-order valence-corrected chi connectivity index (χ3v) is 4.63. The lowest BCUT2D eigenvalue weighted by Gasteiger charge is -2.34. The molecule has 1 saturated carbocycles. The SMILES string of the molecule is OC1NCCCOc2cccc(n2)Nc2cc([nH]n2)C2CC(CO1)C2. The highest BCUT2D eigenvalue weighted by atomic mass is 16.6. The van der Waals surface area contributed by atoms with Crippen molar-refractivity contribution in [3.8, 4) is 5.88 Å². The van der Waals surface area contributed by atoms with Gasteiger partial charge in [0, 0.05) is 30.3 Å². The van der Waals surface area contributed by atoms with Crippen LogP contribution in [0.15, 0.2) is 24.3 Å². The largest absolute Gasteiger partial charge is 0.478 e. The van der Waals surface area contributed by atoms with Crippen LogP contribution < -0.4 is 15.4 Å². The molecule has 1 fully saturated rings. The van der Waals surface area contributed by atoms with Gasteiger partial charge < -0.3 is 19.9 Å². The summed E-state index contributed by atoms with van der Waals surface area (Å²) in [7, 11) is 0. The predicted octanol–water partition coefficient (Wildman–Crippen LogP) is 1.71. The first-order valence-corrected chi connectivity index (χ1v) is 8.71. The average Bonchev–Trinajstić information content (AvgIpc) is 3.00. The van der Waals surface area contributed by atoms with Gasteiger partial charge in [0.05, 0.1) is 13.2 Å². The van der Waals surface area contributed by atoms with Crippen LogP contribution in [0, 0.1) is 5.92 Å². The first-order valence-electron chi connectivity index (χ1n) is 8.71. The lowest BCUT2D eigenvalue weighted by atomic mass is 9.74. The van der Waals surface area contributed by atoms with Gasteiger partial charge in [0.1, 0.15) is 5.82 Å². The van der Waals surface area contributed by atoms with Crippen molar-refractivity contribution in [1.29, 1.82) is 0 Å². The maximum Gasteiger partial charge on any atom is 0.215 e. The molecule has 1 atom stereocenters. The number of hydrogen-bond acceptors (Lipinski definition) is 7. The van der Waals surface area contributed by atoms with E-state index in [-0.39, 0.29) is 0 Å². The van der Waals surface area contributed by atoms with Crippen LogP contribution in [0.3, 0.4) is 0 Å². The molecule has 3 aliphatic rings. The second-order valence-electron chi connectivity index (χ2n) is 6.57. The summed E-state index contributed by atoms with van der Waals surface area (Å²) in [5.74, 6) is 2.94. The number of aliphatic hydroxyl groups excluding tert-OH is 1. The Morgan fingerprint density at radius 1 is 1.20 bits per heavy atom. The Hall–Kier alpha value is -2.16. The number of fused-ring (bicyclic) bond motifs is 7. The summed E-state index contributed by atoms with van der Waals surface area (Å²) in [4.78, 5) is 4.43. The second kappa shape index (κ2) is 7.38. The van der Waals surface area contributed by atoms with Crippen molar-refractivity contribution in [3.05, 3.63) is 30.0 Å². The Labute approximate surface area is 145 Å². The van der Waals surface area contributed by atoms with Gasteiger partial charge in [-0.15, -0.1) is 0 Å². The van der Waals surface area contributed by atoms with Crippen molar-refractivity contribution in [2.45, 2.75) is 31.6 Å². The number of pyridine rings is 1. The molecule has 6 bridgehead atoms. The van der Waals surface area contributed by atoms with Crippen LogP contribution in [0.4, 0.5) is 11.6 Å². The maximum absolute atomic E-state index is 9.82. The minimum Gasteiger partial charge on any atom is -0.478 e. The molecule has 25 heavy (non-hydrogen) atoms. The molecule has 134 valence electrons. The first-order chi connectivity index (χ1) is 12.3. The third-order valence-electron chi connectivity index (χ3n) is 4.63. The van der Waals surface area contributed by atoms with Crippen LogP contribution in [-0.2, 0) is 4.74 Å². The standard InChI is InChI=1S/C17H23N5O3/c23-17-18-5-2-6-24-16-4-1-3-14(20-16)19-15-9-13(21-22-15)12-7-11(8-12)10-25-17/h1,3-4,9,11-12,17-18,23H,2,5-8,10H2,(H2,19,20,21,22). The number of H-pyrrole nitrogens is 1. The quantitative estimate of drug-likeness (QED) is 0.576. The second-order valence-corrected chi connectivity index (χ2v) is 6.57. The topological polar surface area (TPSA) is 104 Å². The van der Waals surface area contributed by atoms with Gasteiger partial charge in [-0.1, -0.05) is 6.07 Å². The number of anilines is 2. The predicted molar refractivity (Wildman–Crippen MR) is 91.6 cm³/mol. The summed E-state index contributed by atoms with van der Waals surface area (Å²) in [6, 6.07) is 7.62. The molecule has 0 aromatic carbocycles. The summed E-state index contributed by atoms with van der Waals surface area (Å²) >= 11 is 0. The zero-order valence-corrected chi connectivity index (χ0v) is 13.9. The van der Waals surface area contributed by atoms with Gasteiger partial charge in [-0.3, -0.25) is 10.4 Å². The van der Waals surface area contributed by atoms with E-state index in [0.29, 0.717) is 43.3 Å². The van der Waals surface area contributed by atoms with Crippen molar-refractivity contribution in [2.24, 2.45) is 5.92 Å². The van der Waals surface area contributed by atoms with Crippen molar-refractivity contribution in [1.82, 2.24) is 20.5 Å². The van der Waals surface area contributed by atoms with Gasteiger partial charge in [0.25, 0.3) is 0 Å². The third kappa shape index (κ3) is 4.09. The molecule has 2 aromatic rings. The van der Waals surface area contributed by atoms with E-state index in [0.717, 1.165) is 30.8 Å². The van der Waals surface area contributed by atoms with Gasteiger partial charge in [0.2, 0.25) is 12.3 Å². The maximum atomic E-state index is 9.82. The van der Waals surface area contributed by atoms with Crippen molar-refractivity contribution < 1.29 is 14.6 Å². The molecule has 4 N–H and O–H groups in total. The molecule has 1 unspecified atom stereocenters. The first kappa shape index (κ1) is 16.3. The number of rotatable bonds is 0. The van der Waals surface area contributed by atoms with E-state index in [1.54, 1.807) is 0 Å². The van der Waals surface area contributed by atoms with Crippen molar-refractivity contribution in [2.75, 3.05) is 25.1 Å². The lowest BCUT2D eigenvalue weighted by molar-refractivity contribution is -0.136. The van der Waals surface area contributed by atoms with E-state index < -0.39 is 6.41 Å². The molecule has 8 heteroatoms. The zero-order chi connectivity index (χ0) is 17.1. The number of hydrogen-bond donors (Lipinski definition) is 4. The number of aromatic amines is 1. The van der Waals surface area contributed by atoms with Gasteiger partial charge >= 0.3 is 0 Å². The van der Waals surface area contributed by atoms with Crippen LogP contribution in [0.2, 0.25) is 0 Å². The molecule has 5 rings (SSSR count). The molecule has 2 aromatic heterocycles. The Morgan fingerprint density at radius 3 is 3.04 bits per heavy atom. The minimum atomic E-state index is -0.928. The number of ether oxygens (including phenoxy) is 2. The highest BCUT2D eigenvalue weighted by Crippen LogP contribution is 2.41. The molecule has 0 saturated heterocycles. The summed E-state index contributed by atoms with van der Waals surface area (Å²) in [6.45, 7) is 1.68. The van der Waals surface area contributed by atoms with E-state index >= 15 is 0 Å². The summed E-state index contributed by atoms with van der Waals surface area (Å²) in [5.41, 5.74) is 1.12. The Morgan fingerprint density at radius 2 is 2.12 bits per heavy atom. The van der Waals surface area contributed by atoms with Gasteiger partial charge in [0.15, 0.2) is 5.82 Å². The smallest absolute Gasteiger partial charge is 0.215 e. The van der Waals surface area contributed by atoms with Crippen LogP contribution >= 0.6 is 0 Å². The molecular weight excluding hydrogens is 322 g/mol. The fraction of sp³-hybridized carbons (Fsp3) is 0.529. The Bertz CT molecular complexity index is 701. The van der Waals surface area contributed by atoms with E-state index in [4.69, 9.17) is 9.47 Å². The lowest BCUT2D eigenvalue weighted by Crippen LogP contribution is -2.36. The number of nitrogens with one attached hydrogen (secondary N) is 3. The molecular formula is C17H23N5O3. The van der Waals surface area contributed by atoms with Gasteiger partial charge in [-0.25, -0.2) is 0 Å². The minimum absolute atomic E-state index is 0.461. The summed E-state index contributed by atoms with van der Waals surface area (Å²) in [6.07, 6.45) is 1.89. The summed E-state index contributed by atoms with van der Waals surface area (Å²) < 4.78 is 11.1. The van der Waals surface area contributed by atoms with Crippen LogP contribution in [-0.4, -0.2) is 46.5 Å². The molecule has 4 heterocycles. The van der Waals surface area contributed by atoms with E-state index in [2.05, 4.69) is 25.8 Å². The molecule has 0 spiro atoms. The summed E-state index contributed by atoms with van der Waals surface area (Å²) in [5, 5.41) is 23.4. The molecule has 1 aliphatic carbocycles. The van der Waals surface area contributed by atoms with E-state index in [9.17, 15) is 5.11 Å². The van der Waals surface area contributed by atoms with Crippen LogP contribution in [0.1, 0.15) is 30.9 Å². The molecule has 8 nitrogen and oxygen atoms in total. The Balaban J connectivity index is 1.47. The van der Waals surface area contributed by atoms with Crippen molar-refractivity contribution >= 4 is 11.6 Å². The zero-order valence-electron chi connectivity index (χ0n) is 13.9. The van der Waals surface area contributed by atoms with Crippen LogP contribution in [0.25, 0.3) is 0 Å². The fourth-order valence-corrected chi connectivity index (χ4v) is 3.19. The molecule has 0 radical (unpaired) electrons. The normalized spacial score (nSPS) is 27.2. The average molecular weight is 345 g/mol. The number of aliphatic hydroxyl groups is 1. The monoisotopic (exact) mass is 345 g/mol. The van der Waals surface area contributed by atoms with E-state index in [1.165, 1.54) is 0 Å².